The van der Waals surface area contributed by atoms with Gasteiger partial charge in [0.25, 0.3) is 0 Å². The Morgan fingerprint density at radius 2 is 1.78 bits per heavy atom. The Morgan fingerprint density at radius 3 is 2.56 bits per heavy atom. The minimum Gasteiger partial charge on any atom is -0.307 e. The van der Waals surface area contributed by atoms with Crippen LogP contribution in [0.2, 0.25) is 0 Å². The standard InChI is InChI=1S/C15H14N2O/c1-11-6-8-13(9-7-11)17-10-12-4-2-3-5-14(12)16-15(17)18/h2-9H,10H2,1H3,(H,16,18). The Hall–Kier alpha value is -2.29. The quantitative estimate of drug-likeness (QED) is 0.809. The minimum absolute atomic E-state index is 0.0717. The van der Waals surface area contributed by atoms with E-state index in [9.17, 15) is 4.79 Å². The van der Waals surface area contributed by atoms with Gasteiger partial charge in [-0.05, 0) is 30.7 Å². The van der Waals surface area contributed by atoms with Gasteiger partial charge in [-0.3, -0.25) is 4.90 Å². The van der Waals surface area contributed by atoms with E-state index < -0.39 is 0 Å². The maximum absolute atomic E-state index is 12.1. The van der Waals surface area contributed by atoms with Crippen LogP contribution in [-0.2, 0) is 6.54 Å². The largest absolute Gasteiger partial charge is 0.326 e. The van der Waals surface area contributed by atoms with Gasteiger partial charge in [-0.1, -0.05) is 35.9 Å². The van der Waals surface area contributed by atoms with Crippen LogP contribution in [0.4, 0.5) is 16.2 Å². The predicted octanol–water partition coefficient (Wildman–Crippen LogP) is 3.55. The maximum atomic E-state index is 12.1. The normalized spacial score (nSPS) is 14.1. The topological polar surface area (TPSA) is 32.3 Å². The van der Waals surface area contributed by atoms with Crippen LogP contribution < -0.4 is 10.2 Å². The molecule has 3 heteroatoms. The van der Waals surface area contributed by atoms with E-state index in [4.69, 9.17) is 0 Å². The number of hydrogen-bond acceptors (Lipinski definition) is 1. The number of carbonyl (C=O) groups is 1. The third-order valence-electron chi connectivity index (χ3n) is 3.18. The number of aryl methyl sites for hydroxylation is 1. The zero-order chi connectivity index (χ0) is 12.5. The second-order valence-corrected chi connectivity index (χ2v) is 4.51. The lowest BCUT2D eigenvalue weighted by Gasteiger charge is -2.29. The van der Waals surface area contributed by atoms with E-state index >= 15 is 0 Å². The second-order valence-electron chi connectivity index (χ2n) is 4.51. The molecular formula is C15H14N2O. The van der Waals surface area contributed by atoms with Crippen LogP contribution in [-0.4, -0.2) is 6.03 Å². The molecule has 0 saturated heterocycles. The highest BCUT2D eigenvalue weighted by Crippen LogP contribution is 2.27. The predicted molar refractivity (Wildman–Crippen MR) is 72.8 cm³/mol. The fraction of sp³-hybridized carbons (Fsp3) is 0.133. The van der Waals surface area contributed by atoms with Gasteiger partial charge in [-0.25, -0.2) is 4.79 Å². The Balaban J connectivity index is 1.95. The summed E-state index contributed by atoms with van der Waals surface area (Å²) < 4.78 is 0. The van der Waals surface area contributed by atoms with Gasteiger partial charge in [0.1, 0.15) is 0 Å². The van der Waals surface area contributed by atoms with Gasteiger partial charge >= 0.3 is 6.03 Å². The zero-order valence-corrected chi connectivity index (χ0v) is 10.2. The molecule has 90 valence electrons. The molecule has 0 fully saturated rings. The van der Waals surface area contributed by atoms with Crippen LogP contribution in [0.3, 0.4) is 0 Å². The molecule has 3 rings (SSSR count). The van der Waals surface area contributed by atoms with Crippen LogP contribution in [0.15, 0.2) is 48.5 Å². The van der Waals surface area contributed by atoms with Crippen molar-refractivity contribution in [2.45, 2.75) is 13.5 Å². The minimum atomic E-state index is -0.0717. The fourth-order valence-electron chi connectivity index (χ4n) is 2.14. The number of hydrogen-bond donors (Lipinski definition) is 1. The molecule has 1 N–H and O–H groups in total. The average molecular weight is 238 g/mol. The first-order chi connectivity index (χ1) is 8.74. The first-order valence-electron chi connectivity index (χ1n) is 5.97. The Kier molecular flexibility index (Phi) is 2.52. The number of nitrogens with zero attached hydrogens (tertiary/aromatic N) is 1. The number of carbonyl (C=O) groups excluding carboxylic acids is 1. The number of nitrogens with one attached hydrogen (secondary N) is 1. The van der Waals surface area contributed by atoms with Gasteiger partial charge in [0.15, 0.2) is 0 Å². The van der Waals surface area contributed by atoms with E-state index in [0.717, 1.165) is 16.9 Å². The SMILES string of the molecule is Cc1ccc(N2Cc3ccccc3NC2=O)cc1. The first kappa shape index (κ1) is 10.8. The van der Waals surface area contributed by atoms with Crippen molar-refractivity contribution in [2.75, 3.05) is 10.2 Å². The molecule has 18 heavy (non-hydrogen) atoms. The fourth-order valence-corrected chi connectivity index (χ4v) is 2.14. The summed E-state index contributed by atoms with van der Waals surface area (Å²) >= 11 is 0. The summed E-state index contributed by atoms with van der Waals surface area (Å²) in [5, 5.41) is 2.91. The van der Waals surface area contributed by atoms with Gasteiger partial charge in [-0.2, -0.15) is 0 Å². The van der Waals surface area contributed by atoms with Crippen LogP contribution in [0.25, 0.3) is 0 Å². The molecule has 1 aliphatic heterocycles. The van der Waals surface area contributed by atoms with E-state index in [1.165, 1.54) is 5.56 Å². The van der Waals surface area contributed by atoms with Gasteiger partial charge in [0, 0.05) is 11.4 Å². The number of urea groups is 1. The average Bonchev–Trinajstić information content (AvgIpc) is 2.39. The Morgan fingerprint density at radius 1 is 1.06 bits per heavy atom. The molecule has 0 radical (unpaired) electrons. The molecule has 0 saturated carbocycles. The molecular weight excluding hydrogens is 224 g/mol. The van der Waals surface area contributed by atoms with E-state index in [1.54, 1.807) is 4.90 Å². The third kappa shape index (κ3) is 1.84. The first-order valence-corrected chi connectivity index (χ1v) is 5.97. The summed E-state index contributed by atoms with van der Waals surface area (Å²) in [6, 6.07) is 15.8. The summed E-state index contributed by atoms with van der Waals surface area (Å²) in [6.07, 6.45) is 0. The third-order valence-corrected chi connectivity index (χ3v) is 3.18. The number of benzene rings is 2. The highest BCUT2D eigenvalue weighted by Gasteiger charge is 2.23. The molecule has 2 aromatic carbocycles. The van der Waals surface area contributed by atoms with Crippen molar-refractivity contribution in [1.82, 2.24) is 0 Å². The molecule has 2 amide bonds. The molecule has 0 bridgehead atoms. The maximum Gasteiger partial charge on any atom is 0.326 e. The molecule has 1 heterocycles. The van der Waals surface area contributed by atoms with Gasteiger partial charge in [0.2, 0.25) is 0 Å². The highest BCUT2D eigenvalue weighted by molar-refractivity contribution is 6.04. The van der Waals surface area contributed by atoms with Crippen molar-refractivity contribution < 1.29 is 4.79 Å². The lowest BCUT2D eigenvalue weighted by Crippen LogP contribution is -2.38. The molecule has 3 nitrogen and oxygen atoms in total. The van der Waals surface area contributed by atoms with Crippen molar-refractivity contribution in [3.05, 3.63) is 59.7 Å². The van der Waals surface area contributed by atoms with Crippen LogP contribution in [0.5, 0.6) is 0 Å². The number of rotatable bonds is 1. The van der Waals surface area contributed by atoms with Crippen LogP contribution in [0.1, 0.15) is 11.1 Å². The molecule has 0 unspecified atom stereocenters. The number of anilines is 2. The lowest BCUT2D eigenvalue weighted by molar-refractivity contribution is 0.256. The Bertz CT molecular complexity index is 590. The summed E-state index contributed by atoms with van der Waals surface area (Å²) in [5.74, 6) is 0. The van der Waals surface area contributed by atoms with Gasteiger partial charge < -0.3 is 5.32 Å². The van der Waals surface area contributed by atoms with Crippen molar-refractivity contribution in [3.8, 4) is 0 Å². The van der Waals surface area contributed by atoms with Gasteiger partial charge in [-0.15, -0.1) is 0 Å². The molecule has 0 aromatic heterocycles. The van der Waals surface area contributed by atoms with Gasteiger partial charge in [0.05, 0.1) is 6.54 Å². The van der Waals surface area contributed by atoms with E-state index in [0.29, 0.717) is 6.54 Å². The number of fused-ring (bicyclic) bond motifs is 1. The molecule has 1 aliphatic rings. The van der Waals surface area contributed by atoms with Crippen LogP contribution >= 0.6 is 0 Å². The zero-order valence-electron chi connectivity index (χ0n) is 10.2. The Labute approximate surface area is 106 Å². The van der Waals surface area contributed by atoms with E-state index in [1.807, 2.05) is 55.5 Å². The summed E-state index contributed by atoms with van der Waals surface area (Å²) in [5.41, 5.74) is 4.16. The number of amides is 2. The summed E-state index contributed by atoms with van der Waals surface area (Å²) in [6.45, 7) is 2.65. The van der Waals surface area contributed by atoms with Crippen molar-refractivity contribution >= 4 is 17.4 Å². The second kappa shape index (κ2) is 4.18. The van der Waals surface area contributed by atoms with E-state index in [-0.39, 0.29) is 6.03 Å². The monoisotopic (exact) mass is 238 g/mol. The van der Waals surface area contributed by atoms with Crippen LogP contribution in [0, 0.1) is 6.92 Å². The summed E-state index contributed by atoms with van der Waals surface area (Å²) in [7, 11) is 0. The summed E-state index contributed by atoms with van der Waals surface area (Å²) in [4.78, 5) is 13.8. The highest BCUT2D eigenvalue weighted by atomic mass is 16.2. The molecule has 2 aromatic rings. The van der Waals surface area contributed by atoms with Crippen molar-refractivity contribution in [3.63, 3.8) is 0 Å². The van der Waals surface area contributed by atoms with Crippen molar-refractivity contribution in [1.29, 1.82) is 0 Å². The lowest BCUT2D eigenvalue weighted by atomic mass is 10.1. The smallest absolute Gasteiger partial charge is 0.307 e. The van der Waals surface area contributed by atoms with E-state index in [2.05, 4.69) is 5.32 Å². The molecule has 0 spiro atoms. The number of para-hydroxylation sites is 1. The molecule has 0 atom stereocenters. The van der Waals surface area contributed by atoms with Crippen molar-refractivity contribution in [2.24, 2.45) is 0 Å². The molecule has 0 aliphatic carbocycles.